The van der Waals surface area contributed by atoms with Gasteiger partial charge in [-0.05, 0) is 25.1 Å². The van der Waals surface area contributed by atoms with Crippen LogP contribution in [0.1, 0.15) is 5.82 Å². The van der Waals surface area contributed by atoms with Crippen LogP contribution in [0.25, 0.3) is 10.9 Å². The second-order valence-electron chi connectivity index (χ2n) is 6.96. The van der Waals surface area contributed by atoms with Gasteiger partial charge >= 0.3 is 0 Å². The molecular formula is C22H26N4O3. The van der Waals surface area contributed by atoms with E-state index < -0.39 is 0 Å². The van der Waals surface area contributed by atoms with Crippen molar-refractivity contribution in [2.24, 2.45) is 0 Å². The average Bonchev–Trinajstić information content (AvgIpc) is 2.77. The number of rotatable bonds is 5. The molecule has 4 rings (SSSR count). The molecule has 0 bridgehead atoms. The fraction of sp³-hybridized carbons (Fsp3) is 0.364. The summed E-state index contributed by atoms with van der Waals surface area (Å²) in [4.78, 5) is 14.0. The third-order valence-corrected chi connectivity index (χ3v) is 5.30. The number of methoxy groups -OCH3 is 3. The summed E-state index contributed by atoms with van der Waals surface area (Å²) < 4.78 is 16.5. The second-order valence-corrected chi connectivity index (χ2v) is 6.96. The van der Waals surface area contributed by atoms with Gasteiger partial charge in [0.1, 0.15) is 17.4 Å². The van der Waals surface area contributed by atoms with Crippen molar-refractivity contribution in [2.75, 3.05) is 57.3 Å². The standard InChI is InChI=1S/C22H26N4O3/c1-15-23-17-14-21(29-4)20(28-3)13-16(17)22(24-15)26-11-9-25(10-12-26)18-7-5-6-8-19(18)27-2/h5-8,13-14H,9-12H2,1-4H3. The van der Waals surface area contributed by atoms with E-state index in [1.54, 1.807) is 21.3 Å². The third-order valence-electron chi connectivity index (χ3n) is 5.30. The zero-order valence-corrected chi connectivity index (χ0v) is 17.3. The van der Waals surface area contributed by atoms with Crippen LogP contribution in [0.2, 0.25) is 0 Å². The van der Waals surface area contributed by atoms with Crippen molar-refractivity contribution in [3.8, 4) is 17.2 Å². The van der Waals surface area contributed by atoms with Gasteiger partial charge in [0.05, 0.1) is 32.5 Å². The highest BCUT2D eigenvalue weighted by Gasteiger charge is 2.23. The lowest BCUT2D eigenvalue weighted by atomic mass is 10.1. The Morgan fingerprint density at radius 1 is 0.759 bits per heavy atom. The summed E-state index contributed by atoms with van der Waals surface area (Å²) in [5.41, 5.74) is 1.99. The Morgan fingerprint density at radius 3 is 2.07 bits per heavy atom. The maximum absolute atomic E-state index is 5.53. The molecule has 2 aromatic carbocycles. The van der Waals surface area contributed by atoms with Crippen molar-refractivity contribution in [1.29, 1.82) is 0 Å². The minimum Gasteiger partial charge on any atom is -0.495 e. The van der Waals surface area contributed by atoms with E-state index >= 15 is 0 Å². The molecule has 0 amide bonds. The predicted octanol–water partition coefficient (Wildman–Crippen LogP) is 3.29. The van der Waals surface area contributed by atoms with Gasteiger partial charge in [-0.25, -0.2) is 9.97 Å². The van der Waals surface area contributed by atoms with Crippen LogP contribution in [0, 0.1) is 6.92 Å². The van der Waals surface area contributed by atoms with Crippen LogP contribution in [0.4, 0.5) is 11.5 Å². The molecule has 0 unspecified atom stereocenters. The molecule has 152 valence electrons. The van der Waals surface area contributed by atoms with Crippen LogP contribution in [-0.4, -0.2) is 57.5 Å². The van der Waals surface area contributed by atoms with E-state index in [0.29, 0.717) is 11.5 Å². The highest BCUT2D eigenvalue weighted by atomic mass is 16.5. The predicted molar refractivity (Wildman–Crippen MR) is 115 cm³/mol. The lowest BCUT2D eigenvalue weighted by Gasteiger charge is -2.37. The molecule has 0 radical (unpaired) electrons. The van der Waals surface area contributed by atoms with Crippen molar-refractivity contribution < 1.29 is 14.2 Å². The molecule has 7 heteroatoms. The molecule has 1 saturated heterocycles. The van der Waals surface area contributed by atoms with Crippen LogP contribution >= 0.6 is 0 Å². The van der Waals surface area contributed by atoms with E-state index in [4.69, 9.17) is 19.2 Å². The quantitative estimate of drug-likeness (QED) is 0.658. The minimum absolute atomic E-state index is 0.671. The molecule has 0 aliphatic carbocycles. The zero-order valence-electron chi connectivity index (χ0n) is 17.3. The summed E-state index contributed by atoms with van der Waals surface area (Å²) in [6, 6.07) is 12.0. The Morgan fingerprint density at radius 2 is 1.38 bits per heavy atom. The summed E-state index contributed by atoms with van der Waals surface area (Å²) in [6.45, 7) is 5.41. The molecule has 0 N–H and O–H groups in total. The van der Waals surface area contributed by atoms with E-state index in [1.807, 2.05) is 37.3 Å². The first-order valence-electron chi connectivity index (χ1n) is 9.68. The number of para-hydroxylation sites is 2. The van der Waals surface area contributed by atoms with Crippen molar-refractivity contribution >= 4 is 22.4 Å². The number of anilines is 2. The summed E-state index contributed by atoms with van der Waals surface area (Å²) in [5, 5.41) is 0.971. The smallest absolute Gasteiger partial charge is 0.162 e. The SMILES string of the molecule is COc1cc2nc(C)nc(N3CCN(c4ccccc4OC)CC3)c2cc1OC. The molecule has 1 aliphatic rings. The van der Waals surface area contributed by atoms with Gasteiger partial charge < -0.3 is 24.0 Å². The highest BCUT2D eigenvalue weighted by molar-refractivity contribution is 5.92. The highest BCUT2D eigenvalue weighted by Crippen LogP contribution is 2.36. The summed E-state index contributed by atoms with van der Waals surface area (Å²) in [7, 11) is 4.99. The summed E-state index contributed by atoms with van der Waals surface area (Å²) >= 11 is 0. The largest absolute Gasteiger partial charge is 0.495 e. The van der Waals surface area contributed by atoms with E-state index in [2.05, 4.69) is 20.9 Å². The van der Waals surface area contributed by atoms with E-state index in [0.717, 1.165) is 60.2 Å². The first kappa shape index (κ1) is 19.1. The van der Waals surface area contributed by atoms with Gasteiger partial charge in [-0.2, -0.15) is 0 Å². The number of piperazine rings is 1. The van der Waals surface area contributed by atoms with Gasteiger partial charge in [-0.1, -0.05) is 12.1 Å². The number of aryl methyl sites for hydroxylation is 1. The summed E-state index contributed by atoms with van der Waals surface area (Å²) in [6.07, 6.45) is 0. The Hall–Kier alpha value is -3.22. The van der Waals surface area contributed by atoms with Gasteiger partial charge in [0, 0.05) is 37.6 Å². The lowest BCUT2D eigenvalue weighted by molar-refractivity contribution is 0.355. The topological polar surface area (TPSA) is 60.0 Å². The molecule has 29 heavy (non-hydrogen) atoms. The fourth-order valence-electron chi connectivity index (χ4n) is 3.84. The van der Waals surface area contributed by atoms with E-state index in [1.165, 1.54) is 0 Å². The Kier molecular flexibility index (Phi) is 5.29. The molecule has 0 saturated carbocycles. The van der Waals surface area contributed by atoms with Crippen molar-refractivity contribution in [3.05, 3.63) is 42.2 Å². The van der Waals surface area contributed by atoms with Gasteiger partial charge in [-0.3, -0.25) is 0 Å². The molecule has 7 nitrogen and oxygen atoms in total. The number of ether oxygens (including phenoxy) is 3. The van der Waals surface area contributed by atoms with Crippen molar-refractivity contribution in [1.82, 2.24) is 9.97 Å². The Bertz CT molecular complexity index is 1020. The van der Waals surface area contributed by atoms with Gasteiger partial charge in [0.15, 0.2) is 11.5 Å². The number of hydrogen-bond acceptors (Lipinski definition) is 7. The van der Waals surface area contributed by atoms with E-state index in [9.17, 15) is 0 Å². The van der Waals surface area contributed by atoms with Crippen LogP contribution < -0.4 is 24.0 Å². The zero-order chi connectivity index (χ0) is 20.4. The van der Waals surface area contributed by atoms with Crippen LogP contribution in [0.5, 0.6) is 17.2 Å². The molecule has 1 aliphatic heterocycles. The lowest BCUT2D eigenvalue weighted by Crippen LogP contribution is -2.47. The number of fused-ring (bicyclic) bond motifs is 1. The number of nitrogens with zero attached hydrogens (tertiary/aromatic N) is 4. The van der Waals surface area contributed by atoms with Crippen molar-refractivity contribution in [3.63, 3.8) is 0 Å². The molecule has 1 fully saturated rings. The van der Waals surface area contributed by atoms with Crippen LogP contribution in [0.3, 0.4) is 0 Å². The van der Waals surface area contributed by atoms with Gasteiger partial charge in [0.2, 0.25) is 0 Å². The Labute approximate surface area is 170 Å². The molecule has 1 aromatic heterocycles. The number of benzene rings is 2. The first-order valence-corrected chi connectivity index (χ1v) is 9.68. The van der Waals surface area contributed by atoms with E-state index in [-0.39, 0.29) is 0 Å². The van der Waals surface area contributed by atoms with Crippen LogP contribution in [-0.2, 0) is 0 Å². The fourth-order valence-corrected chi connectivity index (χ4v) is 3.84. The normalized spacial score (nSPS) is 14.2. The monoisotopic (exact) mass is 394 g/mol. The van der Waals surface area contributed by atoms with Gasteiger partial charge in [0.25, 0.3) is 0 Å². The third kappa shape index (κ3) is 3.60. The molecule has 2 heterocycles. The Balaban J connectivity index is 1.64. The maximum atomic E-state index is 5.53. The molecular weight excluding hydrogens is 368 g/mol. The molecule has 0 spiro atoms. The molecule has 0 atom stereocenters. The number of hydrogen-bond donors (Lipinski definition) is 0. The maximum Gasteiger partial charge on any atom is 0.162 e. The molecule has 3 aromatic rings. The average molecular weight is 394 g/mol. The van der Waals surface area contributed by atoms with Crippen LogP contribution in [0.15, 0.2) is 36.4 Å². The second kappa shape index (κ2) is 8.03. The summed E-state index contributed by atoms with van der Waals surface area (Å²) in [5.74, 6) is 3.94. The van der Waals surface area contributed by atoms with Crippen molar-refractivity contribution in [2.45, 2.75) is 6.92 Å². The number of aromatic nitrogens is 2. The first-order chi connectivity index (χ1) is 14.1. The minimum atomic E-state index is 0.671. The van der Waals surface area contributed by atoms with Gasteiger partial charge in [-0.15, -0.1) is 0 Å².